The normalized spacial score (nSPS) is 12.2. The highest BCUT2D eigenvalue weighted by atomic mass is 35.5. The molecule has 1 atom stereocenters. The third-order valence-electron chi connectivity index (χ3n) is 3.25. The van der Waals surface area contributed by atoms with Crippen molar-refractivity contribution in [3.8, 4) is 0 Å². The van der Waals surface area contributed by atoms with Crippen LogP contribution in [0, 0.1) is 5.82 Å². The van der Waals surface area contributed by atoms with Gasteiger partial charge in [-0.1, -0.05) is 29.8 Å². The zero-order valence-electron chi connectivity index (χ0n) is 11.6. The Morgan fingerprint density at radius 3 is 2.50 bits per heavy atom. The highest BCUT2D eigenvalue weighted by Crippen LogP contribution is 2.32. The van der Waals surface area contributed by atoms with E-state index in [1.807, 2.05) is 43.0 Å². The molecule has 2 nitrogen and oxygen atoms in total. The van der Waals surface area contributed by atoms with Gasteiger partial charge >= 0.3 is 0 Å². The van der Waals surface area contributed by atoms with E-state index >= 15 is 0 Å². The van der Waals surface area contributed by atoms with E-state index in [-0.39, 0.29) is 11.9 Å². The van der Waals surface area contributed by atoms with Crippen molar-refractivity contribution in [1.29, 1.82) is 0 Å². The second kappa shape index (κ2) is 6.25. The number of hydrogen-bond acceptors (Lipinski definition) is 2. The molecule has 0 bridgehead atoms. The molecule has 0 amide bonds. The van der Waals surface area contributed by atoms with Gasteiger partial charge in [0.15, 0.2) is 0 Å². The van der Waals surface area contributed by atoms with Crippen LogP contribution in [0.5, 0.6) is 0 Å². The number of nitrogens with zero attached hydrogens (tertiary/aromatic N) is 1. The zero-order chi connectivity index (χ0) is 14.7. The van der Waals surface area contributed by atoms with Crippen LogP contribution in [0.2, 0.25) is 5.02 Å². The van der Waals surface area contributed by atoms with Crippen molar-refractivity contribution in [2.24, 2.45) is 5.73 Å². The van der Waals surface area contributed by atoms with Gasteiger partial charge in [0.05, 0.1) is 5.69 Å². The van der Waals surface area contributed by atoms with Gasteiger partial charge in [-0.2, -0.15) is 0 Å². The molecule has 0 fully saturated rings. The van der Waals surface area contributed by atoms with Gasteiger partial charge in [0.25, 0.3) is 0 Å². The van der Waals surface area contributed by atoms with Gasteiger partial charge in [0.2, 0.25) is 0 Å². The summed E-state index contributed by atoms with van der Waals surface area (Å²) in [6, 6.07) is 12.2. The van der Waals surface area contributed by atoms with E-state index in [0.717, 1.165) is 11.3 Å². The Bertz CT molecular complexity index is 599. The summed E-state index contributed by atoms with van der Waals surface area (Å²) in [4.78, 5) is 1.88. The number of halogens is 2. The van der Waals surface area contributed by atoms with Crippen LogP contribution in [0.15, 0.2) is 42.5 Å². The highest BCUT2D eigenvalue weighted by Gasteiger charge is 2.14. The van der Waals surface area contributed by atoms with Gasteiger partial charge in [-0.05, 0) is 43.7 Å². The molecule has 0 aliphatic carbocycles. The van der Waals surface area contributed by atoms with Crippen molar-refractivity contribution in [2.45, 2.75) is 19.9 Å². The third-order valence-corrected chi connectivity index (χ3v) is 3.57. The number of nitrogens with two attached hydrogens (primary N) is 1. The molecule has 2 rings (SSSR count). The van der Waals surface area contributed by atoms with E-state index in [4.69, 9.17) is 17.3 Å². The molecular weight excluding hydrogens is 275 g/mol. The topological polar surface area (TPSA) is 29.3 Å². The largest absolute Gasteiger partial charge is 0.339 e. The molecule has 106 valence electrons. The van der Waals surface area contributed by atoms with Crippen molar-refractivity contribution in [3.05, 3.63) is 58.9 Å². The number of para-hydroxylation sites is 1. The van der Waals surface area contributed by atoms with E-state index in [9.17, 15) is 4.39 Å². The Hall–Kier alpha value is -1.58. The molecule has 0 saturated heterocycles. The fraction of sp³-hybridized carbons (Fsp3) is 0.250. The van der Waals surface area contributed by atoms with Crippen LogP contribution in [-0.2, 0) is 0 Å². The molecule has 4 heteroatoms. The second-order valence-electron chi connectivity index (χ2n) is 4.69. The van der Waals surface area contributed by atoms with Crippen molar-refractivity contribution in [3.63, 3.8) is 0 Å². The number of rotatable bonds is 4. The van der Waals surface area contributed by atoms with Crippen molar-refractivity contribution in [2.75, 3.05) is 11.4 Å². The number of anilines is 2. The first-order chi connectivity index (χ1) is 9.54. The fourth-order valence-corrected chi connectivity index (χ4v) is 2.56. The van der Waals surface area contributed by atoms with E-state index < -0.39 is 0 Å². The number of hydrogen-bond donors (Lipinski definition) is 1. The minimum atomic E-state index is -0.248. The average Bonchev–Trinajstić information content (AvgIpc) is 2.41. The van der Waals surface area contributed by atoms with Crippen LogP contribution in [0.1, 0.15) is 25.5 Å². The monoisotopic (exact) mass is 292 g/mol. The van der Waals surface area contributed by atoms with Gasteiger partial charge < -0.3 is 10.6 Å². The minimum Gasteiger partial charge on any atom is -0.339 e. The molecule has 20 heavy (non-hydrogen) atoms. The van der Waals surface area contributed by atoms with Crippen LogP contribution in [0.3, 0.4) is 0 Å². The molecule has 1 unspecified atom stereocenters. The molecule has 0 heterocycles. The second-order valence-corrected chi connectivity index (χ2v) is 5.10. The van der Waals surface area contributed by atoms with Crippen molar-refractivity contribution >= 4 is 23.0 Å². The summed E-state index contributed by atoms with van der Waals surface area (Å²) < 4.78 is 13.9. The lowest BCUT2D eigenvalue weighted by Gasteiger charge is -2.24. The van der Waals surface area contributed by atoms with Gasteiger partial charge in [-0.3, -0.25) is 0 Å². The van der Waals surface area contributed by atoms with Crippen molar-refractivity contribution < 1.29 is 4.39 Å². The molecule has 0 aliphatic rings. The maximum Gasteiger partial charge on any atom is 0.146 e. The smallest absolute Gasteiger partial charge is 0.146 e. The predicted octanol–water partition coefficient (Wildman–Crippen LogP) is 4.66. The first-order valence-electron chi connectivity index (χ1n) is 6.61. The molecule has 2 aromatic rings. The Morgan fingerprint density at radius 1 is 1.25 bits per heavy atom. The Morgan fingerprint density at radius 2 is 1.95 bits per heavy atom. The SMILES string of the molecule is CCN(c1ccc(C(C)N)c(Cl)c1)c1ccccc1F. The van der Waals surface area contributed by atoms with E-state index in [0.29, 0.717) is 17.3 Å². The summed E-state index contributed by atoms with van der Waals surface area (Å²) in [6.45, 7) is 4.50. The van der Waals surface area contributed by atoms with Crippen LogP contribution >= 0.6 is 11.6 Å². The van der Waals surface area contributed by atoms with Crippen LogP contribution in [0.25, 0.3) is 0 Å². The van der Waals surface area contributed by atoms with Crippen molar-refractivity contribution in [1.82, 2.24) is 0 Å². The molecule has 0 aromatic heterocycles. The fourth-order valence-electron chi connectivity index (χ4n) is 2.22. The van der Waals surface area contributed by atoms with Gasteiger partial charge in [0, 0.05) is 23.3 Å². The number of benzene rings is 2. The minimum absolute atomic E-state index is 0.125. The van der Waals surface area contributed by atoms with Crippen LogP contribution in [-0.4, -0.2) is 6.54 Å². The maximum absolute atomic E-state index is 13.9. The lowest BCUT2D eigenvalue weighted by Crippen LogP contribution is -2.17. The van der Waals surface area contributed by atoms with Crippen LogP contribution in [0.4, 0.5) is 15.8 Å². The summed E-state index contributed by atoms with van der Waals surface area (Å²) in [7, 11) is 0. The van der Waals surface area contributed by atoms with E-state index in [1.165, 1.54) is 6.07 Å². The molecule has 0 radical (unpaired) electrons. The van der Waals surface area contributed by atoms with Gasteiger partial charge in [-0.25, -0.2) is 4.39 Å². The van der Waals surface area contributed by atoms with Gasteiger partial charge in [0.1, 0.15) is 5.82 Å². The van der Waals surface area contributed by atoms with Gasteiger partial charge in [-0.15, -0.1) is 0 Å². The lowest BCUT2D eigenvalue weighted by atomic mass is 10.1. The quantitative estimate of drug-likeness (QED) is 0.888. The van der Waals surface area contributed by atoms with Crippen LogP contribution < -0.4 is 10.6 Å². The molecule has 0 spiro atoms. The first-order valence-corrected chi connectivity index (χ1v) is 6.99. The highest BCUT2D eigenvalue weighted by molar-refractivity contribution is 6.31. The molecule has 0 aliphatic heterocycles. The maximum atomic E-state index is 13.9. The first kappa shape index (κ1) is 14.8. The summed E-state index contributed by atoms with van der Waals surface area (Å²) in [5.41, 5.74) is 8.13. The summed E-state index contributed by atoms with van der Waals surface area (Å²) in [6.07, 6.45) is 0. The zero-order valence-corrected chi connectivity index (χ0v) is 12.4. The summed E-state index contributed by atoms with van der Waals surface area (Å²) >= 11 is 6.25. The van der Waals surface area contributed by atoms with E-state index in [2.05, 4.69) is 0 Å². The summed E-state index contributed by atoms with van der Waals surface area (Å²) in [5.74, 6) is -0.248. The standard InChI is InChI=1S/C16H18ClFN2/c1-3-20(16-7-5-4-6-15(16)18)12-8-9-13(11(2)19)14(17)10-12/h4-11H,3,19H2,1-2H3. The Kier molecular flexibility index (Phi) is 4.63. The predicted molar refractivity (Wildman–Crippen MR) is 83.1 cm³/mol. The lowest BCUT2D eigenvalue weighted by molar-refractivity contribution is 0.625. The van der Waals surface area contributed by atoms with E-state index in [1.54, 1.807) is 12.1 Å². The molecular formula is C16H18ClFN2. The Labute approximate surface area is 124 Å². The Balaban J connectivity index is 2.43. The summed E-state index contributed by atoms with van der Waals surface area (Å²) in [5, 5.41) is 0.604. The molecule has 0 saturated carbocycles. The molecule has 2 aromatic carbocycles. The molecule has 2 N–H and O–H groups in total. The average molecular weight is 293 g/mol. The third kappa shape index (κ3) is 2.94.